The van der Waals surface area contributed by atoms with Crippen molar-refractivity contribution in [3.05, 3.63) is 49.1 Å². The van der Waals surface area contributed by atoms with Gasteiger partial charge in [0.2, 0.25) is 5.91 Å². The number of aliphatic carboxylic acids is 1. The van der Waals surface area contributed by atoms with Crippen molar-refractivity contribution in [2.75, 3.05) is 170 Å². The number of ether oxygens (including phenoxy) is 9. The molecule has 0 aromatic heterocycles. The van der Waals surface area contributed by atoms with Gasteiger partial charge in [-0.25, -0.2) is 0 Å². The fourth-order valence-electron chi connectivity index (χ4n) is 6.07. The van der Waals surface area contributed by atoms with E-state index < -0.39 is 5.97 Å². The maximum absolute atomic E-state index is 12.9. The maximum Gasteiger partial charge on any atom is 0.317 e. The number of rotatable bonds is 29. The molecule has 3 rings (SSSR count). The predicted molar refractivity (Wildman–Crippen MR) is 258 cm³/mol. The summed E-state index contributed by atoms with van der Waals surface area (Å²) in [5.74, 6) is 1.37. The lowest BCUT2D eigenvalue weighted by atomic mass is 10.2. The van der Waals surface area contributed by atoms with Crippen LogP contribution >= 0.6 is 0 Å². The highest BCUT2D eigenvalue weighted by Gasteiger charge is 2.16. The highest BCUT2D eigenvalue weighted by molar-refractivity contribution is 5.92. The molecule has 0 spiro atoms. The molecule has 18 nitrogen and oxygen atoms in total. The van der Waals surface area contributed by atoms with Crippen LogP contribution in [0.4, 0.5) is 11.4 Å². The molecule has 1 aliphatic heterocycles. The van der Waals surface area contributed by atoms with Crippen LogP contribution in [-0.2, 0) is 38.1 Å². The fraction of sp³-hybridized carbons (Fsp3) is 0.646. The van der Waals surface area contributed by atoms with Crippen LogP contribution in [0.1, 0.15) is 47.0 Å². The molecule has 376 valence electrons. The highest BCUT2D eigenvalue weighted by atomic mass is 16.6. The largest absolute Gasteiger partial charge is 0.490 e. The Labute approximate surface area is 394 Å². The van der Waals surface area contributed by atoms with Gasteiger partial charge < -0.3 is 68.1 Å². The van der Waals surface area contributed by atoms with Crippen LogP contribution in [0.2, 0.25) is 0 Å². The summed E-state index contributed by atoms with van der Waals surface area (Å²) in [6.07, 6.45) is 5.63. The van der Waals surface area contributed by atoms with Gasteiger partial charge in [-0.05, 0) is 57.0 Å². The van der Waals surface area contributed by atoms with Crippen molar-refractivity contribution in [1.82, 2.24) is 14.7 Å². The molecule has 0 bridgehead atoms. The molecule has 1 aliphatic rings. The zero-order chi connectivity index (χ0) is 48.5. The molecule has 0 saturated heterocycles. The molecule has 0 fully saturated rings. The number of carboxylic acid groups (broad SMARTS) is 1. The predicted octanol–water partition coefficient (Wildman–Crippen LogP) is 5.21. The van der Waals surface area contributed by atoms with Crippen LogP contribution in [-0.4, -0.2) is 197 Å². The Morgan fingerprint density at radius 2 is 1.33 bits per heavy atom. The second-order valence-corrected chi connectivity index (χ2v) is 14.4. The van der Waals surface area contributed by atoms with E-state index >= 15 is 0 Å². The van der Waals surface area contributed by atoms with E-state index in [1.54, 1.807) is 41.2 Å². The van der Waals surface area contributed by atoms with Gasteiger partial charge in [-0.3, -0.25) is 19.4 Å². The monoisotopic (exact) mass is 936 g/mol. The minimum absolute atomic E-state index is 0.0233. The van der Waals surface area contributed by atoms with E-state index in [0.29, 0.717) is 129 Å². The summed E-state index contributed by atoms with van der Waals surface area (Å²) >= 11 is 0. The van der Waals surface area contributed by atoms with Crippen LogP contribution in [0.3, 0.4) is 0 Å². The number of benzene rings is 2. The van der Waals surface area contributed by atoms with E-state index in [0.717, 1.165) is 55.9 Å². The highest BCUT2D eigenvalue weighted by Crippen LogP contribution is 2.32. The molecule has 18 heteroatoms. The molecule has 1 amide bonds. The van der Waals surface area contributed by atoms with Gasteiger partial charge >= 0.3 is 5.97 Å². The van der Waals surface area contributed by atoms with Crippen molar-refractivity contribution < 1.29 is 62.1 Å². The van der Waals surface area contributed by atoms with Crippen molar-refractivity contribution in [3.63, 3.8) is 0 Å². The zero-order valence-electron chi connectivity index (χ0n) is 40.7. The number of hydrogen-bond acceptors (Lipinski definition) is 16. The number of aldehydes is 1. The summed E-state index contributed by atoms with van der Waals surface area (Å²) in [4.78, 5) is 41.1. The lowest BCUT2D eigenvalue weighted by Crippen LogP contribution is -2.43. The van der Waals surface area contributed by atoms with Crippen molar-refractivity contribution >= 4 is 29.5 Å². The number of carbonyl (C=O) groups excluding carboxylic acids is 2. The Balaban J connectivity index is 0.000000783. The van der Waals surface area contributed by atoms with Gasteiger partial charge in [-0.1, -0.05) is 26.8 Å². The summed E-state index contributed by atoms with van der Waals surface area (Å²) in [6, 6.07) is 11.0. The Kier molecular flexibility index (Phi) is 36.7. The second-order valence-electron chi connectivity index (χ2n) is 14.4. The molecular weight excluding hydrogens is 855 g/mol. The molecule has 1 heterocycles. The number of anilines is 2. The number of carbonyl (C=O) groups is 3. The quantitative estimate of drug-likeness (QED) is 0.0548. The number of nitrogens with zero attached hydrogens (tertiary/aromatic N) is 3. The van der Waals surface area contributed by atoms with Crippen LogP contribution < -0.4 is 29.6 Å². The second kappa shape index (κ2) is 40.7. The third-order valence-electron chi connectivity index (χ3n) is 9.47. The number of methoxy groups -OCH3 is 1. The molecule has 0 radical (unpaired) electrons. The van der Waals surface area contributed by atoms with Gasteiger partial charge in [0, 0.05) is 83.6 Å². The standard InChI is InChI=1S/C30H50N4O9.C16H25NO4.C2H6/c1-5-10-33(25-30(37)38)13-11-32(6-2)12-14-34(15-16-35)24-29(36)31-26-8-9-27(42-22-20-41-18-17-39-4)28(23-26)43-21-19-40-7-3;1-17-14-5-6-15-16(13-14)20-8-4-2-3-7-18-9-10-19-11-12-21-15;1-2/h5,8-9,16,23H,1,6-7,10-15,17-22,24-25H2,2-4H3,(H,31,36)(H,37,38);5-6,13,17H,2-4,7-12H2,1H3;1-2H3. The number of fused-ring (bicyclic) bond motifs is 1. The van der Waals surface area contributed by atoms with Gasteiger partial charge in [0.1, 0.15) is 26.1 Å². The van der Waals surface area contributed by atoms with E-state index in [4.69, 9.17) is 47.7 Å². The molecule has 0 saturated carbocycles. The minimum atomic E-state index is -0.886. The molecule has 2 aromatic rings. The first-order valence-corrected chi connectivity index (χ1v) is 23.3. The molecular formula is C48H81N5O13. The summed E-state index contributed by atoms with van der Waals surface area (Å²) in [5, 5.41) is 15.1. The minimum Gasteiger partial charge on any atom is -0.490 e. The lowest BCUT2D eigenvalue weighted by molar-refractivity contribution is -0.138. The SMILES string of the molecule is C=CCN(CCN(CC)CCN(CC=O)CC(=O)Nc1ccc(OCCOCCOC)c(OCCOCC)c1)CC(=O)O.CC.CNc1ccc2c(c1)OCCCCCOCCOCCO2. The summed E-state index contributed by atoms with van der Waals surface area (Å²) in [7, 11) is 3.50. The first-order valence-electron chi connectivity index (χ1n) is 23.3. The molecule has 0 atom stereocenters. The average molecular weight is 936 g/mol. The van der Waals surface area contributed by atoms with Gasteiger partial charge in [-0.2, -0.15) is 0 Å². The zero-order valence-corrected chi connectivity index (χ0v) is 40.7. The number of nitrogens with one attached hydrogen (secondary N) is 2. The van der Waals surface area contributed by atoms with Gasteiger partial charge in [0.05, 0.1) is 72.5 Å². The van der Waals surface area contributed by atoms with Crippen LogP contribution in [0.5, 0.6) is 23.0 Å². The average Bonchev–Trinajstić information content (AvgIpc) is 3.32. The first kappa shape index (κ1) is 59.5. The van der Waals surface area contributed by atoms with Gasteiger partial charge in [0.25, 0.3) is 0 Å². The van der Waals surface area contributed by atoms with Crippen molar-refractivity contribution in [3.8, 4) is 23.0 Å². The van der Waals surface area contributed by atoms with Crippen LogP contribution in [0.15, 0.2) is 49.1 Å². The first-order chi connectivity index (χ1) is 32.3. The van der Waals surface area contributed by atoms with E-state index in [9.17, 15) is 14.4 Å². The fourth-order valence-corrected chi connectivity index (χ4v) is 6.07. The molecule has 66 heavy (non-hydrogen) atoms. The van der Waals surface area contributed by atoms with E-state index in [1.807, 2.05) is 52.9 Å². The number of amides is 1. The molecule has 2 aromatic carbocycles. The maximum atomic E-state index is 12.9. The van der Waals surface area contributed by atoms with E-state index in [1.165, 1.54) is 0 Å². The Morgan fingerprint density at radius 1 is 0.712 bits per heavy atom. The summed E-state index contributed by atoms with van der Waals surface area (Å²) in [5.41, 5.74) is 1.54. The summed E-state index contributed by atoms with van der Waals surface area (Å²) in [6.45, 7) is 22.0. The van der Waals surface area contributed by atoms with Crippen molar-refractivity contribution in [2.24, 2.45) is 0 Å². The van der Waals surface area contributed by atoms with Crippen molar-refractivity contribution in [1.29, 1.82) is 0 Å². The van der Waals surface area contributed by atoms with Gasteiger partial charge in [-0.15, -0.1) is 6.58 Å². The Morgan fingerprint density at radius 3 is 2.00 bits per heavy atom. The van der Waals surface area contributed by atoms with E-state index in [-0.39, 0.29) is 25.5 Å². The smallest absolute Gasteiger partial charge is 0.317 e. The van der Waals surface area contributed by atoms with Crippen molar-refractivity contribution in [2.45, 2.75) is 47.0 Å². The van der Waals surface area contributed by atoms with Crippen LogP contribution in [0, 0.1) is 0 Å². The van der Waals surface area contributed by atoms with E-state index in [2.05, 4.69) is 22.1 Å². The Bertz CT molecular complexity index is 1560. The topological polar surface area (TPSA) is 188 Å². The van der Waals surface area contributed by atoms with Crippen LogP contribution in [0.25, 0.3) is 0 Å². The molecule has 3 N–H and O–H groups in total. The normalized spacial score (nSPS) is 13.2. The lowest BCUT2D eigenvalue weighted by Gasteiger charge is -2.27. The summed E-state index contributed by atoms with van der Waals surface area (Å²) < 4.78 is 50.0. The number of hydrogen-bond donors (Lipinski definition) is 3. The van der Waals surface area contributed by atoms with Gasteiger partial charge in [0.15, 0.2) is 23.0 Å². The number of carboxylic acids is 1. The number of likely N-dealkylation sites (N-methyl/N-ethyl adjacent to an activating group) is 1. The molecule has 0 unspecified atom stereocenters. The Hall–Kier alpha value is -4.53. The molecule has 0 aliphatic carbocycles. The third kappa shape index (κ3) is 29.2. The third-order valence-corrected chi connectivity index (χ3v) is 9.47.